The Morgan fingerprint density at radius 1 is 0.818 bits per heavy atom. The van der Waals surface area contributed by atoms with Gasteiger partial charge in [-0.1, -0.05) is 24.3 Å². The molecule has 0 amide bonds. The molecule has 11 heavy (non-hydrogen) atoms. The van der Waals surface area contributed by atoms with Crippen molar-refractivity contribution in [2.24, 2.45) is 35.5 Å². The van der Waals surface area contributed by atoms with Crippen LogP contribution < -0.4 is 0 Å². The molecule has 0 aromatic carbocycles. The topological polar surface area (TPSA) is 0 Å². The van der Waals surface area contributed by atoms with Crippen molar-refractivity contribution < 1.29 is 0 Å². The van der Waals surface area contributed by atoms with Crippen LogP contribution in [-0.2, 0) is 0 Å². The van der Waals surface area contributed by atoms with E-state index in [-0.39, 0.29) is 0 Å². The molecule has 0 spiro atoms. The van der Waals surface area contributed by atoms with E-state index in [0.717, 1.165) is 35.5 Å². The van der Waals surface area contributed by atoms with Crippen LogP contribution in [0, 0.1) is 35.5 Å². The number of rotatable bonds is 0. The minimum absolute atomic E-state index is 0.991. The molecule has 0 N–H and O–H groups in total. The molecule has 0 aliphatic heterocycles. The van der Waals surface area contributed by atoms with Gasteiger partial charge in [-0.15, -0.1) is 0 Å². The fourth-order valence-corrected chi connectivity index (χ4v) is 4.00. The SMILES string of the molecule is C1=CC2C(C1)C1C=CC3C2C13. The molecule has 0 aromatic rings. The third-order valence-electron chi connectivity index (χ3n) is 4.39. The smallest absolute Gasteiger partial charge is 0.0159 e. The van der Waals surface area contributed by atoms with Gasteiger partial charge < -0.3 is 0 Å². The van der Waals surface area contributed by atoms with Crippen LogP contribution in [-0.4, -0.2) is 0 Å². The zero-order chi connectivity index (χ0) is 7.00. The van der Waals surface area contributed by atoms with Crippen LogP contribution >= 0.6 is 0 Å². The molecule has 0 heterocycles. The van der Waals surface area contributed by atoms with E-state index in [4.69, 9.17) is 0 Å². The Morgan fingerprint density at radius 2 is 1.55 bits per heavy atom. The molecule has 0 bridgehead atoms. The van der Waals surface area contributed by atoms with Crippen LogP contribution in [0.5, 0.6) is 0 Å². The summed E-state index contributed by atoms with van der Waals surface area (Å²) in [5.74, 6) is 6.22. The zero-order valence-electron chi connectivity index (χ0n) is 6.48. The first-order valence-corrected chi connectivity index (χ1v) is 4.82. The highest BCUT2D eigenvalue weighted by molar-refractivity contribution is 5.32. The maximum Gasteiger partial charge on any atom is -0.0159 e. The highest BCUT2D eigenvalue weighted by atomic mass is 14.7. The fraction of sp³-hybridized carbons (Fsp3) is 0.636. The summed E-state index contributed by atoms with van der Waals surface area (Å²) in [4.78, 5) is 0. The van der Waals surface area contributed by atoms with Crippen LogP contribution in [0.3, 0.4) is 0 Å². The second-order valence-electron chi connectivity index (χ2n) is 4.60. The van der Waals surface area contributed by atoms with Gasteiger partial charge in [0.15, 0.2) is 0 Å². The van der Waals surface area contributed by atoms with E-state index in [2.05, 4.69) is 24.3 Å². The first-order chi connectivity index (χ1) is 5.47. The molecule has 0 heteroatoms. The Kier molecular flexibility index (Phi) is 0.636. The van der Waals surface area contributed by atoms with E-state index in [1.165, 1.54) is 6.42 Å². The molecule has 0 aromatic heterocycles. The number of hydrogen-bond acceptors (Lipinski definition) is 0. The van der Waals surface area contributed by atoms with Crippen molar-refractivity contribution in [3.63, 3.8) is 0 Å². The van der Waals surface area contributed by atoms with Crippen molar-refractivity contribution in [1.82, 2.24) is 0 Å². The second-order valence-corrected chi connectivity index (χ2v) is 4.60. The lowest BCUT2D eigenvalue weighted by Gasteiger charge is -2.17. The minimum atomic E-state index is 0.991. The van der Waals surface area contributed by atoms with E-state index in [0.29, 0.717) is 0 Å². The van der Waals surface area contributed by atoms with Crippen LogP contribution in [0.15, 0.2) is 24.3 Å². The molecular formula is C11H12. The monoisotopic (exact) mass is 144 g/mol. The molecule has 6 unspecified atom stereocenters. The molecule has 56 valence electrons. The summed E-state index contributed by atoms with van der Waals surface area (Å²) in [5.41, 5.74) is 0. The Balaban J connectivity index is 1.87. The minimum Gasteiger partial charge on any atom is -0.0879 e. The maximum atomic E-state index is 2.50. The highest BCUT2D eigenvalue weighted by Crippen LogP contribution is 2.71. The quantitative estimate of drug-likeness (QED) is 0.457. The van der Waals surface area contributed by atoms with Crippen LogP contribution in [0.4, 0.5) is 0 Å². The van der Waals surface area contributed by atoms with Gasteiger partial charge in [-0.3, -0.25) is 0 Å². The van der Waals surface area contributed by atoms with Gasteiger partial charge in [0, 0.05) is 0 Å². The summed E-state index contributed by atoms with van der Waals surface area (Å²) in [6, 6.07) is 0. The molecule has 0 saturated heterocycles. The predicted octanol–water partition coefficient (Wildman–Crippen LogP) is 2.24. The average molecular weight is 144 g/mol. The molecule has 0 radical (unpaired) electrons. The van der Waals surface area contributed by atoms with Gasteiger partial charge in [0.2, 0.25) is 0 Å². The van der Waals surface area contributed by atoms with Crippen molar-refractivity contribution in [3.05, 3.63) is 24.3 Å². The highest BCUT2D eigenvalue weighted by Gasteiger charge is 2.66. The second kappa shape index (κ2) is 1.35. The van der Waals surface area contributed by atoms with Crippen molar-refractivity contribution in [2.45, 2.75) is 6.42 Å². The molecule has 4 aliphatic carbocycles. The summed E-state index contributed by atoms with van der Waals surface area (Å²) in [6.07, 6.45) is 11.3. The summed E-state index contributed by atoms with van der Waals surface area (Å²) >= 11 is 0. The van der Waals surface area contributed by atoms with Gasteiger partial charge in [-0.05, 0) is 41.9 Å². The molecule has 0 nitrogen and oxygen atoms in total. The lowest BCUT2D eigenvalue weighted by Crippen LogP contribution is -2.12. The number of allylic oxidation sites excluding steroid dienone is 4. The van der Waals surface area contributed by atoms with Gasteiger partial charge in [0.25, 0.3) is 0 Å². The average Bonchev–Trinajstić information content (AvgIpc) is 2.48. The molecule has 4 rings (SSSR count). The van der Waals surface area contributed by atoms with Crippen molar-refractivity contribution in [3.8, 4) is 0 Å². The molecular weight excluding hydrogens is 132 g/mol. The van der Waals surface area contributed by atoms with Crippen molar-refractivity contribution in [2.75, 3.05) is 0 Å². The van der Waals surface area contributed by atoms with Gasteiger partial charge in [0.1, 0.15) is 0 Å². The lowest BCUT2D eigenvalue weighted by atomic mass is 9.87. The first-order valence-electron chi connectivity index (χ1n) is 4.82. The van der Waals surface area contributed by atoms with Crippen LogP contribution in [0.2, 0.25) is 0 Å². The first kappa shape index (κ1) is 5.18. The van der Waals surface area contributed by atoms with Gasteiger partial charge >= 0.3 is 0 Å². The molecule has 4 aliphatic rings. The fourth-order valence-electron chi connectivity index (χ4n) is 4.00. The molecule has 2 saturated carbocycles. The van der Waals surface area contributed by atoms with Crippen LogP contribution in [0.25, 0.3) is 0 Å². The Hall–Kier alpha value is -0.520. The van der Waals surface area contributed by atoms with Gasteiger partial charge in [0.05, 0.1) is 0 Å². The summed E-state index contributed by atoms with van der Waals surface area (Å²) in [6.45, 7) is 0. The van der Waals surface area contributed by atoms with E-state index in [1.54, 1.807) is 0 Å². The molecule has 6 atom stereocenters. The van der Waals surface area contributed by atoms with E-state index < -0.39 is 0 Å². The van der Waals surface area contributed by atoms with Crippen LogP contribution in [0.1, 0.15) is 6.42 Å². The van der Waals surface area contributed by atoms with Gasteiger partial charge in [-0.25, -0.2) is 0 Å². The van der Waals surface area contributed by atoms with E-state index >= 15 is 0 Å². The Morgan fingerprint density at radius 3 is 2.45 bits per heavy atom. The lowest BCUT2D eigenvalue weighted by molar-refractivity contribution is 0.360. The number of hydrogen-bond donors (Lipinski definition) is 0. The third kappa shape index (κ3) is 0.399. The van der Waals surface area contributed by atoms with Crippen molar-refractivity contribution in [1.29, 1.82) is 0 Å². The summed E-state index contributed by atoms with van der Waals surface area (Å²) in [5, 5.41) is 0. The number of fused-ring (bicyclic) bond motifs is 4. The Labute approximate surface area is 67.0 Å². The predicted molar refractivity (Wildman–Crippen MR) is 43.8 cm³/mol. The normalized spacial score (nSPS) is 66.9. The summed E-state index contributed by atoms with van der Waals surface area (Å²) < 4.78 is 0. The molecule has 2 fully saturated rings. The third-order valence-corrected chi connectivity index (χ3v) is 4.39. The van der Waals surface area contributed by atoms with E-state index in [1.807, 2.05) is 0 Å². The largest absolute Gasteiger partial charge is 0.0879 e. The maximum absolute atomic E-state index is 2.50. The van der Waals surface area contributed by atoms with Crippen molar-refractivity contribution >= 4 is 0 Å². The van der Waals surface area contributed by atoms with E-state index in [9.17, 15) is 0 Å². The van der Waals surface area contributed by atoms with Gasteiger partial charge in [-0.2, -0.15) is 0 Å². The zero-order valence-corrected chi connectivity index (χ0v) is 6.48. The summed E-state index contributed by atoms with van der Waals surface area (Å²) in [7, 11) is 0. The Bertz CT molecular complexity index is 272. The standard InChI is InChI=1S/C11H12/c1-2-6-7(3-1)10-9-5-4-8(6)11(9)10/h1,3-11H,2H2.